The van der Waals surface area contributed by atoms with Gasteiger partial charge in [-0.3, -0.25) is 4.79 Å². The molecule has 2 aromatic rings. The van der Waals surface area contributed by atoms with Crippen molar-refractivity contribution in [1.82, 2.24) is 9.21 Å². The van der Waals surface area contributed by atoms with Gasteiger partial charge in [-0.05, 0) is 36.4 Å². The zero-order chi connectivity index (χ0) is 23.7. The summed E-state index contributed by atoms with van der Waals surface area (Å²) in [7, 11) is 0.286. The van der Waals surface area contributed by atoms with E-state index in [1.165, 1.54) is 45.5 Å². The largest absolute Gasteiger partial charge is 0.495 e. The summed E-state index contributed by atoms with van der Waals surface area (Å²) >= 11 is 0. The van der Waals surface area contributed by atoms with E-state index in [0.717, 1.165) is 16.4 Å². The number of carbonyl (C=O) groups excluding carboxylic acids is 1. The lowest BCUT2D eigenvalue weighted by atomic mass is 10.1. The molecule has 0 bridgehead atoms. The zero-order valence-corrected chi connectivity index (χ0v) is 18.7. The second kappa shape index (κ2) is 8.99. The van der Waals surface area contributed by atoms with E-state index >= 15 is 0 Å². The third-order valence-corrected chi connectivity index (χ3v) is 7.11. The fourth-order valence-electron chi connectivity index (χ4n) is 3.44. The van der Waals surface area contributed by atoms with Crippen molar-refractivity contribution in [3.8, 4) is 5.75 Å². The highest BCUT2D eigenvalue weighted by molar-refractivity contribution is 7.89. The maximum absolute atomic E-state index is 13.0. The lowest BCUT2D eigenvalue weighted by Crippen LogP contribution is -2.48. The molecule has 0 spiro atoms. The summed E-state index contributed by atoms with van der Waals surface area (Å²) in [6.45, 7) is 1.28. The number of anilines is 1. The molecule has 1 saturated heterocycles. The van der Waals surface area contributed by atoms with E-state index in [1.807, 2.05) is 0 Å². The maximum Gasteiger partial charge on any atom is 0.416 e. The number of amides is 1. The normalized spacial score (nSPS) is 15.2. The van der Waals surface area contributed by atoms with Crippen LogP contribution >= 0.6 is 0 Å². The Hall–Kier alpha value is -2.79. The van der Waals surface area contributed by atoms with Gasteiger partial charge in [-0.25, -0.2) is 12.7 Å². The van der Waals surface area contributed by atoms with Crippen LogP contribution in [0, 0.1) is 0 Å². The number of rotatable bonds is 5. The van der Waals surface area contributed by atoms with Crippen molar-refractivity contribution in [2.75, 3.05) is 52.3 Å². The fraction of sp³-hybridized carbons (Fsp3) is 0.381. The summed E-state index contributed by atoms with van der Waals surface area (Å²) in [5, 5.41) is 0. The van der Waals surface area contributed by atoms with Gasteiger partial charge in [0.25, 0.3) is 5.91 Å². The number of halogens is 3. The number of ether oxygens (including phenoxy) is 1. The van der Waals surface area contributed by atoms with Gasteiger partial charge in [0.15, 0.2) is 0 Å². The number of hydrogen-bond donors (Lipinski definition) is 0. The van der Waals surface area contributed by atoms with E-state index in [4.69, 9.17) is 4.74 Å². The first-order chi connectivity index (χ1) is 14.9. The Labute approximate surface area is 185 Å². The molecule has 11 heteroatoms. The molecular weight excluding hydrogens is 447 g/mol. The highest BCUT2D eigenvalue weighted by Crippen LogP contribution is 2.32. The Kier molecular flexibility index (Phi) is 6.70. The summed E-state index contributed by atoms with van der Waals surface area (Å²) in [5.74, 6) is -0.226. The van der Waals surface area contributed by atoms with Crippen molar-refractivity contribution in [3.05, 3.63) is 53.6 Å². The molecule has 7 nitrogen and oxygen atoms in total. The van der Waals surface area contributed by atoms with Crippen LogP contribution in [0.5, 0.6) is 5.75 Å². The zero-order valence-electron chi connectivity index (χ0n) is 17.9. The molecule has 0 aromatic heterocycles. The van der Waals surface area contributed by atoms with Gasteiger partial charge in [0.2, 0.25) is 10.0 Å². The molecule has 0 saturated carbocycles. The highest BCUT2D eigenvalue weighted by atomic mass is 32.2. The fourth-order valence-corrected chi connectivity index (χ4v) is 4.51. The highest BCUT2D eigenvalue weighted by Gasteiger charge is 2.31. The van der Waals surface area contributed by atoms with Crippen molar-refractivity contribution in [2.45, 2.75) is 11.1 Å². The Morgan fingerprint density at radius 2 is 1.69 bits per heavy atom. The molecule has 1 fully saturated rings. The van der Waals surface area contributed by atoms with Gasteiger partial charge in [0, 0.05) is 51.5 Å². The van der Waals surface area contributed by atoms with Crippen LogP contribution in [-0.4, -0.2) is 70.9 Å². The van der Waals surface area contributed by atoms with Gasteiger partial charge >= 0.3 is 6.18 Å². The topological polar surface area (TPSA) is 70.2 Å². The molecule has 1 aliphatic heterocycles. The van der Waals surface area contributed by atoms with Crippen LogP contribution in [0.3, 0.4) is 0 Å². The average Bonchev–Trinajstić information content (AvgIpc) is 2.77. The van der Waals surface area contributed by atoms with Gasteiger partial charge in [-0.15, -0.1) is 0 Å². The van der Waals surface area contributed by atoms with E-state index in [2.05, 4.69) is 0 Å². The van der Waals surface area contributed by atoms with Crippen molar-refractivity contribution in [1.29, 1.82) is 0 Å². The summed E-state index contributed by atoms with van der Waals surface area (Å²) in [4.78, 5) is 16.2. The first-order valence-electron chi connectivity index (χ1n) is 9.77. The Morgan fingerprint density at radius 3 is 2.25 bits per heavy atom. The number of benzene rings is 2. The number of methoxy groups -OCH3 is 1. The van der Waals surface area contributed by atoms with Gasteiger partial charge in [0.1, 0.15) is 10.6 Å². The standard InChI is InChI=1S/C21H24F3N3O4S/c1-25(2)32(29,30)19-13-15(7-8-18(19)31-3)20(28)27-11-9-26(10-12-27)17-6-4-5-16(14-17)21(22,23)24/h4-8,13-14H,9-12H2,1-3H3. The lowest BCUT2D eigenvalue weighted by Gasteiger charge is -2.36. The molecular formula is C21H24F3N3O4S. The number of alkyl halides is 3. The van der Waals surface area contributed by atoms with Crippen LogP contribution < -0.4 is 9.64 Å². The third-order valence-electron chi connectivity index (χ3n) is 5.27. The van der Waals surface area contributed by atoms with Crippen LogP contribution in [0.1, 0.15) is 15.9 Å². The summed E-state index contributed by atoms with van der Waals surface area (Å²) in [6.07, 6.45) is -4.42. The molecule has 1 amide bonds. The SMILES string of the molecule is COc1ccc(C(=O)N2CCN(c3cccc(C(F)(F)F)c3)CC2)cc1S(=O)(=O)N(C)C. The molecule has 3 rings (SSSR count). The Bertz CT molecular complexity index is 1100. The molecule has 32 heavy (non-hydrogen) atoms. The van der Waals surface area contributed by atoms with Crippen LogP contribution in [0.4, 0.5) is 18.9 Å². The number of carbonyl (C=O) groups is 1. The van der Waals surface area contributed by atoms with Crippen LogP contribution in [0.25, 0.3) is 0 Å². The minimum atomic E-state index is -4.42. The van der Waals surface area contributed by atoms with Crippen LogP contribution in [-0.2, 0) is 16.2 Å². The maximum atomic E-state index is 13.0. The average molecular weight is 472 g/mol. The number of hydrogen-bond acceptors (Lipinski definition) is 5. The van der Waals surface area contributed by atoms with E-state index in [0.29, 0.717) is 18.8 Å². The Morgan fingerprint density at radius 1 is 1.03 bits per heavy atom. The first kappa shape index (κ1) is 23.9. The predicted molar refractivity (Wildman–Crippen MR) is 113 cm³/mol. The van der Waals surface area contributed by atoms with Gasteiger partial charge in [-0.2, -0.15) is 13.2 Å². The second-order valence-corrected chi connectivity index (χ2v) is 9.60. The molecule has 0 atom stereocenters. The molecule has 0 N–H and O–H groups in total. The van der Waals surface area contributed by atoms with Crippen molar-refractivity contribution in [3.63, 3.8) is 0 Å². The van der Waals surface area contributed by atoms with Crippen molar-refractivity contribution >= 4 is 21.6 Å². The van der Waals surface area contributed by atoms with E-state index < -0.39 is 21.8 Å². The smallest absolute Gasteiger partial charge is 0.416 e. The quantitative estimate of drug-likeness (QED) is 0.671. The first-order valence-corrected chi connectivity index (χ1v) is 11.2. The minimum absolute atomic E-state index is 0.113. The number of sulfonamides is 1. The molecule has 0 radical (unpaired) electrons. The van der Waals surface area contributed by atoms with E-state index in [-0.39, 0.29) is 35.2 Å². The Balaban J connectivity index is 1.76. The van der Waals surface area contributed by atoms with Crippen LogP contribution in [0.2, 0.25) is 0 Å². The molecule has 174 valence electrons. The monoisotopic (exact) mass is 471 g/mol. The van der Waals surface area contributed by atoms with E-state index in [1.54, 1.807) is 15.9 Å². The molecule has 0 unspecified atom stereocenters. The molecule has 1 heterocycles. The van der Waals surface area contributed by atoms with Gasteiger partial charge < -0.3 is 14.5 Å². The summed E-state index contributed by atoms with van der Waals surface area (Å²) in [6, 6.07) is 9.30. The molecule has 1 aliphatic rings. The minimum Gasteiger partial charge on any atom is -0.495 e. The third kappa shape index (κ3) is 4.83. The predicted octanol–water partition coefficient (Wildman–Crippen LogP) is 2.93. The van der Waals surface area contributed by atoms with E-state index in [9.17, 15) is 26.4 Å². The van der Waals surface area contributed by atoms with Gasteiger partial charge in [-0.1, -0.05) is 6.07 Å². The number of nitrogens with zero attached hydrogens (tertiary/aromatic N) is 3. The van der Waals surface area contributed by atoms with Crippen molar-refractivity contribution < 1.29 is 31.1 Å². The number of piperazine rings is 1. The molecule has 0 aliphatic carbocycles. The lowest BCUT2D eigenvalue weighted by molar-refractivity contribution is -0.137. The van der Waals surface area contributed by atoms with Crippen LogP contribution in [0.15, 0.2) is 47.4 Å². The van der Waals surface area contributed by atoms with Crippen molar-refractivity contribution in [2.24, 2.45) is 0 Å². The molecule has 2 aromatic carbocycles. The second-order valence-electron chi connectivity index (χ2n) is 7.48. The summed E-state index contributed by atoms with van der Waals surface area (Å²) in [5.41, 5.74) is -0.0872. The van der Waals surface area contributed by atoms with Gasteiger partial charge in [0.05, 0.1) is 12.7 Å². The summed E-state index contributed by atoms with van der Waals surface area (Å²) < 4.78 is 70.3.